The molecular formula is C16H23FN2O. The van der Waals surface area contributed by atoms with Gasteiger partial charge in [0.05, 0.1) is 0 Å². The SMILES string of the molecule is CNC1(CC(=O)NCc2ccc(F)cc2)CCCCC1. The van der Waals surface area contributed by atoms with Crippen LogP contribution in [-0.4, -0.2) is 18.5 Å². The second-order valence-corrected chi connectivity index (χ2v) is 5.67. The van der Waals surface area contributed by atoms with Gasteiger partial charge >= 0.3 is 0 Å². The van der Waals surface area contributed by atoms with Crippen molar-refractivity contribution < 1.29 is 9.18 Å². The highest BCUT2D eigenvalue weighted by Gasteiger charge is 2.32. The third-order valence-corrected chi connectivity index (χ3v) is 4.24. The van der Waals surface area contributed by atoms with Crippen molar-refractivity contribution in [1.82, 2.24) is 10.6 Å². The largest absolute Gasteiger partial charge is 0.352 e. The number of carbonyl (C=O) groups is 1. The molecule has 0 radical (unpaired) electrons. The van der Waals surface area contributed by atoms with Gasteiger partial charge in [-0.2, -0.15) is 0 Å². The summed E-state index contributed by atoms with van der Waals surface area (Å²) in [5.41, 5.74) is 0.882. The van der Waals surface area contributed by atoms with E-state index in [1.54, 1.807) is 12.1 Å². The van der Waals surface area contributed by atoms with Crippen LogP contribution in [0.15, 0.2) is 24.3 Å². The van der Waals surface area contributed by atoms with E-state index < -0.39 is 0 Å². The summed E-state index contributed by atoms with van der Waals surface area (Å²) in [5, 5.41) is 6.27. The Labute approximate surface area is 120 Å². The van der Waals surface area contributed by atoms with Crippen molar-refractivity contribution in [2.45, 2.75) is 50.6 Å². The maximum absolute atomic E-state index is 12.8. The summed E-state index contributed by atoms with van der Waals surface area (Å²) >= 11 is 0. The topological polar surface area (TPSA) is 41.1 Å². The van der Waals surface area contributed by atoms with E-state index in [-0.39, 0.29) is 17.3 Å². The molecule has 0 aromatic heterocycles. The normalized spacial score (nSPS) is 17.7. The lowest BCUT2D eigenvalue weighted by molar-refractivity contribution is -0.123. The Morgan fingerprint density at radius 3 is 2.45 bits per heavy atom. The van der Waals surface area contributed by atoms with Gasteiger partial charge in [-0.1, -0.05) is 31.4 Å². The summed E-state index contributed by atoms with van der Waals surface area (Å²) in [7, 11) is 1.94. The number of rotatable bonds is 5. The quantitative estimate of drug-likeness (QED) is 0.869. The van der Waals surface area contributed by atoms with Crippen LogP contribution in [0.1, 0.15) is 44.1 Å². The fourth-order valence-electron chi connectivity index (χ4n) is 2.92. The number of hydrogen-bond donors (Lipinski definition) is 2. The fraction of sp³-hybridized carbons (Fsp3) is 0.562. The fourth-order valence-corrected chi connectivity index (χ4v) is 2.92. The molecule has 1 fully saturated rings. The summed E-state index contributed by atoms with van der Waals surface area (Å²) in [6, 6.07) is 6.23. The number of halogens is 1. The van der Waals surface area contributed by atoms with Crippen LogP contribution >= 0.6 is 0 Å². The van der Waals surface area contributed by atoms with Gasteiger partial charge < -0.3 is 10.6 Å². The van der Waals surface area contributed by atoms with Crippen LogP contribution in [0.2, 0.25) is 0 Å². The molecule has 0 aliphatic heterocycles. The van der Waals surface area contributed by atoms with E-state index in [9.17, 15) is 9.18 Å². The number of benzene rings is 1. The highest BCUT2D eigenvalue weighted by Crippen LogP contribution is 2.30. The lowest BCUT2D eigenvalue weighted by Gasteiger charge is -2.36. The van der Waals surface area contributed by atoms with Gasteiger partial charge in [0.1, 0.15) is 5.82 Å². The predicted molar refractivity (Wildman–Crippen MR) is 77.7 cm³/mol. The second kappa shape index (κ2) is 6.84. The Bertz CT molecular complexity index is 438. The molecule has 0 atom stereocenters. The van der Waals surface area contributed by atoms with Crippen molar-refractivity contribution in [3.8, 4) is 0 Å². The monoisotopic (exact) mass is 278 g/mol. The molecule has 20 heavy (non-hydrogen) atoms. The first kappa shape index (κ1) is 15.0. The molecule has 1 aliphatic rings. The minimum absolute atomic E-state index is 0.0366. The Morgan fingerprint density at radius 2 is 1.85 bits per heavy atom. The van der Waals surface area contributed by atoms with Crippen molar-refractivity contribution in [2.75, 3.05) is 7.05 Å². The van der Waals surface area contributed by atoms with Crippen LogP contribution in [0.4, 0.5) is 4.39 Å². The van der Waals surface area contributed by atoms with Gasteiger partial charge in [-0.05, 0) is 37.6 Å². The number of nitrogens with one attached hydrogen (secondary N) is 2. The summed E-state index contributed by atoms with van der Waals surface area (Å²) in [6.45, 7) is 0.457. The number of amides is 1. The molecule has 2 rings (SSSR count). The standard InChI is InChI=1S/C16H23FN2O/c1-18-16(9-3-2-4-10-16)11-15(20)19-12-13-5-7-14(17)8-6-13/h5-8,18H,2-4,9-12H2,1H3,(H,19,20). The minimum Gasteiger partial charge on any atom is -0.352 e. The highest BCUT2D eigenvalue weighted by atomic mass is 19.1. The third-order valence-electron chi connectivity index (χ3n) is 4.24. The van der Waals surface area contributed by atoms with Gasteiger partial charge in [-0.25, -0.2) is 4.39 Å². The Kier molecular flexibility index (Phi) is 5.12. The van der Waals surface area contributed by atoms with E-state index in [1.807, 2.05) is 7.05 Å². The Morgan fingerprint density at radius 1 is 1.20 bits per heavy atom. The Hall–Kier alpha value is -1.42. The van der Waals surface area contributed by atoms with E-state index >= 15 is 0 Å². The molecule has 4 heteroatoms. The van der Waals surface area contributed by atoms with Crippen LogP contribution in [0.25, 0.3) is 0 Å². The molecule has 0 heterocycles. The van der Waals surface area contributed by atoms with Crippen molar-refractivity contribution in [1.29, 1.82) is 0 Å². The van der Waals surface area contributed by atoms with Crippen LogP contribution in [-0.2, 0) is 11.3 Å². The van der Waals surface area contributed by atoms with Crippen LogP contribution in [0.5, 0.6) is 0 Å². The molecule has 2 N–H and O–H groups in total. The van der Waals surface area contributed by atoms with E-state index in [0.717, 1.165) is 18.4 Å². The van der Waals surface area contributed by atoms with Crippen LogP contribution < -0.4 is 10.6 Å². The number of hydrogen-bond acceptors (Lipinski definition) is 2. The molecule has 110 valence electrons. The van der Waals surface area contributed by atoms with E-state index in [4.69, 9.17) is 0 Å². The first-order chi connectivity index (χ1) is 9.63. The molecule has 1 aromatic rings. The maximum atomic E-state index is 12.8. The zero-order valence-electron chi connectivity index (χ0n) is 12.0. The smallest absolute Gasteiger partial charge is 0.222 e. The zero-order valence-corrected chi connectivity index (χ0v) is 12.0. The first-order valence-electron chi connectivity index (χ1n) is 7.34. The average molecular weight is 278 g/mol. The summed E-state index contributed by atoms with van der Waals surface area (Å²) in [5.74, 6) is -0.193. The lowest BCUT2D eigenvalue weighted by Crippen LogP contribution is -2.48. The first-order valence-corrected chi connectivity index (χ1v) is 7.34. The van der Waals surface area contributed by atoms with Gasteiger partial charge in [0, 0.05) is 18.5 Å². The van der Waals surface area contributed by atoms with Gasteiger partial charge in [-0.15, -0.1) is 0 Å². The molecule has 0 bridgehead atoms. The molecule has 1 saturated carbocycles. The molecular weight excluding hydrogens is 255 g/mol. The summed E-state index contributed by atoms with van der Waals surface area (Å²) < 4.78 is 12.8. The van der Waals surface area contributed by atoms with Gasteiger partial charge in [0.15, 0.2) is 0 Å². The van der Waals surface area contributed by atoms with Crippen molar-refractivity contribution in [2.24, 2.45) is 0 Å². The molecule has 0 unspecified atom stereocenters. The molecule has 1 aliphatic carbocycles. The van der Waals surface area contributed by atoms with Crippen molar-refractivity contribution in [3.05, 3.63) is 35.6 Å². The van der Waals surface area contributed by atoms with Crippen LogP contribution in [0.3, 0.4) is 0 Å². The third kappa shape index (κ3) is 4.04. The predicted octanol–water partition coefficient (Wildman–Crippen LogP) is 2.75. The van der Waals surface area contributed by atoms with E-state index in [0.29, 0.717) is 13.0 Å². The van der Waals surface area contributed by atoms with E-state index in [2.05, 4.69) is 10.6 Å². The average Bonchev–Trinajstić information content (AvgIpc) is 2.47. The molecule has 1 amide bonds. The molecule has 1 aromatic carbocycles. The van der Waals surface area contributed by atoms with E-state index in [1.165, 1.54) is 31.4 Å². The molecule has 0 saturated heterocycles. The van der Waals surface area contributed by atoms with Crippen molar-refractivity contribution >= 4 is 5.91 Å². The lowest BCUT2D eigenvalue weighted by atomic mass is 9.79. The van der Waals surface area contributed by atoms with Gasteiger partial charge in [0.2, 0.25) is 5.91 Å². The second-order valence-electron chi connectivity index (χ2n) is 5.67. The molecule has 3 nitrogen and oxygen atoms in total. The van der Waals surface area contributed by atoms with Gasteiger partial charge in [0.25, 0.3) is 0 Å². The minimum atomic E-state index is -0.253. The Balaban J connectivity index is 1.83. The highest BCUT2D eigenvalue weighted by molar-refractivity contribution is 5.77. The van der Waals surface area contributed by atoms with Crippen LogP contribution in [0, 0.1) is 5.82 Å². The maximum Gasteiger partial charge on any atom is 0.222 e. The van der Waals surface area contributed by atoms with Gasteiger partial charge in [-0.3, -0.25) is 4.79 Å². The van der Waals surface area contributed by atoms with Crippen molar-refractivity contribution in [3.63, 3.8) is 0 Å². The summed E-state index contributed by atoms with van der Waals surface area (Å²) in [4.78, 5) is 12.1. The summed E-state index contributed by atoms with van der Waals surface area (Å²) in [6.07, 6.45) is 6.28. The zero-order chi connectivity index (χ0) is 14.4. The number of carbonyl (C=O) groups excluding carboxylic acids is 1. The molecule has 0 spiro atoms.